The zero-order valence-electron chi connectivity index (χ0n) is 40.8. The van der Waals surface area contributed by atoms with Crippen LogP contribution in [0.15, 0.2) is 11.6 Å². The molecule has 7 aliphatic rings. The first-order valence-electron chi connectivity index (χ1n) is 24.7. The molecule has 0 aromatic rings. The number of aliphatic hydroxyl groups is 11. The van der Waals surface area contributed by atoms with E-state index in [0.29, 0.717) is 38.5 Å². The van der Waals surface area contributed by atoms with Gasteiger partial charge in [-0.1, -0.05) is 60.1 Å². The maximum Gasteiger partial charge on any atom is 0.187 e. The van der Waals surface area contributed by atoms with Gasteiger partial charge in [-0.15, -0.1) is 0 Å². The van der Waals surface area contributed by atoms with Crippen LogP contribution < -0.4 is 0 Å². The number of carbonyl (C=O) groups is 1. The van der Waals surface area contributed by atoms with Crippen molar-refractivity contribution in [1.82, 2.24) is 0 Å². The zero-order chi connectivity index (χ0) is 49.5. The lowest BCUT2D eigenvalue weighted by Gasteiger charge is -2.65. The Hall–Kier alpha value is -1.27. The SMILES string of the molecule is C[C@H]1[C@H](O)[C@@H](CO)OC(OC[C@H]2O[C@@H](O[C@H](CC[C@@H](C)C3CC[C@@]4(C)C5CC=C6C(CC[C@H](O[C@@H]7O[C@H](CO)[C@@H](O)[C@H](O)[C@H]7O)C6(C)C)[C@]5(C)C(=O)C[C@]34C)C(C)(C)O)[C@H](O)[C@@H](O)[C@@H]2O)[C@@H]1O. The summed E-state index contributed by atoms with van der Waals surface area (Å²) in [5, 5.41) is 116. The Morgan fingerprint density at radius 1 is 0.731 bits per heavy atom. The Labute approximate surface area is 394 Å². The van der Waals surface area contributed by atoms with E-state index in [1.807, 2.05) is 0 Å². The molecule has 7 rings (SSSR count). The van der Waals surface area contributed by atoms with E-state index in [-0.39, 0.29) is 40.3 Å². The maximum atomic E-state index is 15.0. The van der Waals surface area contributed by atoms with Crippen molar-refractivity contribution in [3.63, 3.8) is 0 Å². The monoisotopic (exact) mass is 959 g/mol. The van der Waals surface area contributed by atoms with Gasteiger partial charge in [0.25, 0.3) is 0 Å². The van der Waals surface area contributed by atoms with Gasteiger partial charge < -0.3 is 84.6 Å². The van der Waals surface area contributed by atoms with Crippen molar-refractivity contribution in [2.24, 2.45) is 51.2 Å². The van der Waals surface area contributed by atoms with Crippen LogP contribution in [0.4, 0.5) is 0 Å². The lowest BCUT2D eigenvalue weighted by molar-refractivity contribution is -0.338. The second-order valence-electron chi connectivity index (χ2n) is 23.2. The van der Waals surface area contributed by atoms with Crippen molar-refractivity contribution in [3.05, 3.63) is 11.6 Å². The van der Waals surface area contributed by atoms with E-state index < -0.39 is 140 Å². The molecule has 0 aromatic heterocycles. The molecule has 24 atom stereocenters. The molecule has 3 saturated heterocycles. The fourth-order valence-corrected chi connectivity index (χ4v) is 14.1. The quantitative estimate of drug-likeness (QED) is 0.105. The number of hydrogen-bond donors (Lipinski definition) is 11. The molecule has 11 N–H and O–H groups in total. The number of ether oxygens (including phenoxy) is 6. The molecule has 386 valence electrons. The summed E-state index contributed by atoms with van der Waals surface area (Å²) in [5.74, 6) is -0.148. The van der Waals surface area contributed by atoms with Crippen LogP contribution >= 0.6 is 0 Å². The molecule has 18 heteroatoms. The molecule has 0 aromatic carbocycles. The third kappa shape index (κ3) is 9.16. The van der Waals surface area contributed by atoms with Crippen LogP contribution in [0.1, 0.15) is 114 Å². The van der Waals surface area contributed by atoms with Gasteiger partial charge in [0.05, 0.1) is 43.7 Å². The molecule has 3 heterocycles. The number of Topliss-reactive ketones (excluding diaryl/α,β-unsaturated/α-hetero) is 1. The van der Waals surface area contributed by atoms with Crippen molar-refractivity contribution in [2.75, 3.05) is 19.8 Å². The van der Waals surface area contributed by atoms with Crippen LogP contribution in [0.2, 0.25) is 0 Å². The minimum absolute atomic E-state index is 0.0300. The van der Waals surface area contributed by atoms with E-state index in [4.69, 9.17) is 28.4 Å². The first kappa shape index (κ1) is 53.5. The average molecular weight is 959 g/mol. The number of fused-ring (bicyclic) bond motifs is 5. The van der Waals surface area contributed by atoms with Gasteiger partial charge in [0, 0.05) is 23.2 Å². The van der Waals surface area contributed by atoms with Crippen LogP contribution in [-0.2, 0) is 33.2 Å². The standard InChI is InChI=1S/C49H82O18/c1-22(10-14-33(46(5,6)61)67-44-41(60)39(58)37(56)29(65-44)21-62-42-35(54)23(2)34(53)27(19-50)63-42)24-16-17-47(7)30-13-11-25-26(49(30,9)31(52)18-48(24,47)8)12-15-32(45(25,3)4)66-43-40(59)38(57)36(55)28(20-51)64-43/h11,22-24,26-30,32-44,50-51,53-61H,10,12-21H2,1-9H3/t22-,23+,24?,26?,27-,28-,29-,30?,32+,33-,34+,35-,36-,37-,38+,39+,40-,41-,42?,43+,44+,47+,48-,49+/m1/s1. The van der Waals surface area contributed by atoms with Crippen LogP contribution in [0.5, 0.6) is 0 Å². The van der Waals surface area contributed by atoms with Crippen molar-refractivity contribution in [1.29, 1.82) is 0 Å². The highest BCUT2D eigenvalue weighted by Gasteiger charge is 2.70. The van der Waals surface area contributed by atoms with E-state index in [9.17, 15) is 56.2 Å². The first-order chi connectivity index (χ1) is 31.2. The van der Waals surface area contributed by atoms with Crippen molar-refractivity contribution in [2.45, 2.75) is 218 Å². The predicted molar refractivity (Wildman–Crippen MR) is 237 cm³/mol. The Morgan fingerprint density at radius 2 is 1.31 bits per heavy atom. The van der Waals surface area contributed by atoms with E-state index in [1.54, 1.807) is 20.8 Å². The summed E-state index contributed by atoms with van der Waals surface area (Å²) in [6.07, 6.45) is -13.2. The fourth-order valence-electron chi connectivity index (χ4n) is 14.1. The van der Waals surface area contributed by atoms with Gasteiger partial charge in [0.2, 0.25) is 0 Å². The number of rotatable bonds is 14. The normalized spacial score (nSPS) is 49.9. The summed E-state index contributed by atoms with van der Waals surface area (Å²) in [4.78, 5) is 15.0. The van der Waals surface area contributed by atoms with Crippen molar-refractivity contribution in [3.8, 4) is 0 Å². The Kier molecular flexibility index (Phi) is 15.7. The third-order valence-corrected chi connectivity index (χ3v) is 18.8. The largest absolute Gasteiger partial charge is 0.394 e. The summed E-state index contributed by atoms with van der Waals surface area (Å²) >= 11 is 0. The van der Waals surface area contributed by atoms with Crippen LogP contribution in [-0.4, -0.2) is 186 Å². The lowest BCUT2D eigenvalue weighted by Crippen LogP contribution is -2.64. The summed E-state index contributed by atoms with van der Waals surface area (Å²) in [6.45, 7) is 16.4. The summed E-state index contributed by atoms with van der Waals surface area (Å²) in [7, 11) is 0. The fraction of sp³-hybridized carbons (Fsp3) is 0.939. The smallest absolute Gasteiger partial charge is 0.187 e. The molecule has 6 fully saturated rings. The number of ketones is 1. The summed E-state index contributed by atoms with van der Waals surface area (Å²) in [6, 6.07) is 0. The zero-order valence-corrected chi connectivity index (χ0v) is 40.8. The minimum atomic E-state index is -1.71. The first-order valence-corrected chi connectivity index (χ1v) is 24.7. The van der Waals surface area contributed by atoms with Crippen LogP contribution in [0.25, 0.3) is 0 Å². The molecule has 3 aliphatic heterocycles. The van der Waals surface area contributed by atoms with Crippen LogP contribution in [0.3, 0.4) is 0 Å². The van der Waals surface area contributed by atoms with Crippen molar-refractivity contribution < 1.29 is 89.4 Å². The van der Waals surface area contributed by atoms with Gasteiger partial charge in [-0.25, -0.2) is 0 Å². The maximum absolute atomic E-state index is 15.0. The van der Waals surface area contributed by atoms with E-state index in [2.05, 4.69) is 47.6 Å². The molecule has 67 heavy (non-hydrogen) atoms. The van der Waals surface area contributed by atoms with Gasteiger partial charge in [-0.2, -0.15) is 0 Å². The van der Waals surface area contributed by atoms with Crippen molar-refractivity contribution >= 4 is 5.78 Å². The molecule has 0 bridgehead atoms. The average Bonchev–Trinajstić information content (AvgIpc) is 3.54. The predicted octanol–water partition coefficient (Wildman–Crippen LogP) is 0.427. The second-order valence-corrected chi connectivity index (χ2v) is 23.2. The number of hydrogen-bond acceptors (Lipinski definition) is 18. The van der Waals surface area contributed by atoms with Gasteiger partial charge in [0.15, 0.2) is 18.9 Å². The Balaban J connectivity index is 1.02. The van der Waals surface area contributed by atoms with Gasteiger partial charge in [-0.05, 0) is 93.3 Å². The molecule has 4 aliphatic carbocycles. The Bertz CT molecular complexity index is 1750. The molecule has 0 amide bonds. The lowest BCUT2D eigenvalue weighted by atomic mass is 9.38. The highest BCUT2D eigenvalue weighted by molar-refractivity contribution is 5.88. The van der Waals surface area contributed by atoms with E-state index in [0.717, 1.165) is 18.4 Å². The molecule has 18 nitrogen and oxygen atoms in total. The Morgan fingerprint density at radius 3 is 1.94 bits per heavy atom. The molecular formula is C49H82O18. The van der Waals surface area contributed by atoms with Gasteiger partial charge >= 0.3 is 0 Å². The molecule has 0 spiro atoms. The van der Waals surface area contributed by atoms with Gasteiger partial charge in [-0.3, -0.25) is 4.79 Å². The number of allylic oxidation sites excluding steroid dienone is 1. The minimum Gasteiger partial charge on any atom is -0.394 e. The number of aliphatic hydroxyl groups excluding tert-OH is 10. The highest BCUT2D eigenvalue weighted by atomic mass is 16.7. The molecule has 4 unspecified atom stereocenters. The topological polar surface area (TPSA) is 295 Å². The molecule has 3 saturated carbocycles. The highest BCUT2D eigenvalue weighted by Crippen LogP contribution is 2.74. The van der Waals surface area contributed by atoms with Crippen LogP contribution in [0, 0.1) is 51.2 Å². The van der Waals surface area contributed by atoms with E-state index >= 15 is 4.79 Å². The van der Waals surface area contributed by atoms with Gasteiger partial charge in [0.1, 0.15) is 66.8 Å². The van der Waals surface area contributed by atoms with E-state index in [1.165, 1.54) is 0 Å². The molecule has 0 radical (unpaired) electrons. The molecular weight excluding hydrogens is 877 g/mol. The summed E-state index contributed by atoms with van der Waals surface area (Å²) in [5.41, 5.74) is -1.99. The number of carbonyl (C=O) groups excluding carboxylic acids is 1. The summed E-state index contributed by atoms with van der Waals surface area (Å²) < 4.78 is 35.7. The third-order valence-electron chi connectivity index (χ3n) is 18.8. The second kappa shape index (κ2) is 19.6.